The first-order valence-corrected chi connectivity index (χ1v) is 11.4. The number of amides is 1. The van der Waals surface area contributed by atoms with E-state index in [1.165, 1.54) is 15.6 Å². The van der Waals surface area contributed by atoms with Crippen LogP contribution in [0.25, 0.3) is 10.7 Å². The molecule has 1 amide bonds. The third kappa shape index (κ3) is 4.10. The molecule has 1 N–H and O–H groups in total. The average molecular weight is 434 g/mol. The van der Waals surface area contributed by atoms with Crippen molar-refractivity contribution in [1.29, 1.82) is 0 Å². The number of aromatic nitrogens is 2. The Morgan fingerprint density at radius 3 is 2.93 bits per heavy atom. The third-order valence-electron chi connectivity index (χ3n) is 4.30. The number of rotatable bonds is 5. The fraction of sp³-hybridized carbons (Fsp3) is 0.278. The van der Waals surface area contributed by atoms with Crippen molar-refractivity contribution >= 4 is 33.0 Å². The third-order valence-corrected chi connectivity index (χ3v) is 6.31. The first-order valence-electron chi connectivity index (χ1n) is 8.70. The molecule has 1 unspecified atom stereocenters. The fourth-order valence-electron chi connectivity index (χ4n) is 2.92. The van der Waals surface area contributed by atoms with Crippen LogP contribution < -0.4 is 14.4 Å². The van der Waals surface area contributed by atoms with Crippen LogP contribution in [0.2, 0.25) is 0 Å². The van der Waals surface area contributed by atoms with Gasteiger partial charge in [0, 0.05) is 0 Å². The van der Waals surface area contributed by atoms with Crippen LogP contribution in [0.4, 0.5) is 5.69 Å². The Bertz CT molecular complexity index is 1140. The summed E-state index contributed by atoms with van der Waals surface area (Å²) < 4.78 is 36.5. The minimum atomic E-state index is -3.58. The van der Waals surface area contributed by atoms with Crippen LogP contribution >= 0.6 is 11.3 Å². The van der Waals surface area contributed by atoms with Gasteiger partial charge in [0.2, 0.25) is 21.7 Å². The summed E-state index contributed by atoms with van der Waals surface area (Å²) in [6.45, 7) is 1.75. The van der Waals surface area contributed by atoms with E-state index in [2.05, 4.69) is 15.5 Å². The number of hydrogen-bond donors (Lipinski definition) is 1. The zero-order valence-corrected chi connectivity index (χ0v) is 17.3. The second-order valence-electron chi connectivity index (χ2n) is 6.58. The van der Waals surface area contributed by atoms with Gasteiger partial charge >= 0.3 is 0 Å². The highest BCUT2D eigenvalue weighted by Gasteiger charge is 2.35. The molecule has 11 heteroatoms. The van der Waals surface area contributed by atoms with Gasteiger partial charge in [-0.3, -0.25) is 9.10 Å². The molecular weight excluding hydrogens is 416 g/mol. The Morgan fingerprint density at radius 1 is 1.38 bits per heavy atom. The molecule has 0 saturated carbocycles. The summed E-state index contributed by atoms with van der Waals surface area (Å²) in [6, 6.07) is 8.92. The Hall–Kier alpha value is -2.92. The number of thiophene rings is 1. The maximum Gasteiger partial charge on any atom is 0.263 e. The molecule has 3 heterocycles. The van der Waals surface area contributed by atoms with Gasteiger partial charge in [-0.1, -0.05) is 17.3 Å². The van der Waals surface area contributed by atoms with Crippen molar-refractivity contribution < 1.29 is 22.5 Å². The first-order chi connectivity index (χ1) is 13.8. The lowest BCUT2D eigenvalue weighted by Crippen LogP contribution is -2.50. The van der Waals surface area contributed by atoms with Crippen molar-refractivity contribution in [2.24, 2.45) is 0 Å². The van der Waals surface area contributed by atoms with E-state index in [4.69, 9.17) is 9.26 Å². The van der Waals surface area contributed by atoms with Gasteiger partial charge < -0.3 is 14.6 Å². The predicted molar refractivity (Wildman–Crippen MR) is 107 cm³/mol. The number of hydrogen-bond acceptors (Lipinski definition) is 8. The summed E-state index contributed by atoms with van der Waals surface area (Å²) in [7, 11) is -3.58. The number of benzene rings is 1. The van der Waals surface area contributed by atoms with Crippen LogP contribution in [-0.2, 0) is 21.4 Å². The van der Waals surface area contributed by atoms with Crippen LogP contribution in [-0.4, -0.2) is 43.4 Å². The molecule has 152 valence electrons. The lowest BCUT2D eigenvalue weighted by molar-refractivity contribution is -0.128. The Labute approximate surface area is 171 Å². The van der Waals surface area contributed by atoms with Gasteiger partial charge in [0.15, 0.2) is 6.10 Å². The number of nitrogens with one attached hydrogen (secondary N) is 1. The molecular formula is C18H18N4O5S2. The van der Waals surface area contributed by atoms with Crippen molar-refractivity contribution in [2.45, 2.75) is 19.6 Å². The largest absolute Gasteiger partial charge is 0.476 e. The van der Waals surface area contributed by atoms with E-state index < -0.39 is 22.0 Å². The highest BCUT2D eigenvalue weighted by atomic mass is 32.2. The van der Waals surface area contributed by atoms with E-state index in [1.54, 1.807) is 18.2 Å². The molecule has 2 aromatic heterocycles. The maximum atomic E-state index is 12.6. The highest BCUT2D eigenvalue weighted by molar-refractivity contribution is 7.92. The lowest BCUT2D eigenvalue weighted by Gasteiger charge is -2.34. The van der Waals surface area contributed by atoms with Gasteiger partial charge in [-0.05, 0) is 36.1 Å². The van der Waals surface area contributed by atoms with Gasteiger partial charge in [-0.25, -0.2) is 8.42 Å². The number of fused-ring (bicyclic) bond motifs is 1. The molecule has 0 saturated heterocycles. The zero-order valence-electron chi connectivity index (χ0n) is 15.7. The molecule has 1 aromatic carbocycles. The second kappa shape index (κ2) is 7.48. The fourth-order valence-corrected chi connectivity index (χ4v) is 4.48. The van der Waals surface area contributed by atoms with Crippen molar-refractivity contribution in [1.82, 2.24) is 15.5 Å². The SMILES string of the molecule is Cc1ccc2c(c1)N(S(C)(=O)=O)CC(C(=O)NCc1nc(-c3cccs3)no1)O2. The molecule has 0 radical (unpaired) electrons. The number of carbonyl (C=O) groups excluding carboxylic acids is 1. The van der Waals surface area contributed by atoms with Crippen LogP contribution in [0.15, 0.2) is 40.2 Å². The average Bonchev–Trinajstić information content (AvgIpc) is 3.36. The van der Waals surface area contributed by atoms with E-state index in [0.29, 0.717) is 17.3 Å². The zero-order chi connectivity index (χ0) is 20.6. The van der Waals surface area contributed by atoms with E-state index in [9.17, 15) is 13.2 Å². The summed E-state index contributed by atoms with van der Waals surface area (Å²) in [5.41, 5.74) is 1.32. The summed E-state index contributed by atoms with van der Waals surface area (Å²) >= 11 is 1.48. The highest BCUT2D eigenvalue weighted by Crippen LogP contribution is 2.35. The van der Waals surface area contributed by atoms with E-state index in [-0.39, 0.29) is 19.0 Å². The maximum absolute atomic E-state index is 12.6. The molecule has 29 heavy (non-hydrogen) atoms. The Kier molecular flexibility index (Phi) is 5.01. The van der Waals surface area contributed by atoms with Crippen molar-refractivity contribution in [3.05, 3.63) is 47.2 Å². The van der Waals surface area contributed by atoms with Crippen molar-refractivity contribution in [3.8, 4) is 16.5 Å². The molecule has 0 spiro atoms. The quantitative estimate of drug-likeness (QED) is 0.653. The van der Waals surface area contributed by atoms with Gasteiger partial charge in [-0.2, -0.15) is 4.98 Å². The monoisotopic (exact) mass is 434 g/mol. The Morgan fingerprint density at radius 2 is 2.21 bits per heavy atom. The van der Waals surface area contributed by atoms with Crippen LogP contribution in [0.1, 0.15) is 11.5 Å². The van der Waals surface area contributed by atoms with Crippen LogP contribution in [0, 0.1) is 6.92 Å². The van der Waals surface area contributed by atoms with E-state index in [1.807, 2.05) is 24.4 Å². The molecule has 0 bridgehead atoms. The topological polar surface area (TPSA) is 115 Å². The smallest absolute Gasteiger partial charge is 0.263 e. The summed E-state index contributed by atoms with van der Waals surface area (Å²) in [5, 5.41) is 8.45. The Balaban J connectivity index is 1.47. The minimum Gasteiger partial charge on any atom is -0.476 e. The van der Waals surface area contributed by atoms with E-state index in [0.717, 1.165) is 16.7 Å². The van der Waals surface area contributed by atoms with E-state index >= 15 is 0 Å². The number of aryl methyl sites for hydroxylation is 1. The molecule has 1 aliphatic rings. The number of anilines is 1. The standard InChI is InChI=1S/C18H18N4O5S2/c1-11-5-6-13-12(8-11)22(29(2,24)25)10-14(26-13)18(23)19-9-16-20-17(21-27-16)15-4-3-7-28-15/h3-8,14H,9-10H2,1-2H3,(H,19,23). The molecule has 3 aromatic rings. The van der Waals surface area contributed by atoms with Gasteiger partial charge in [0.05, 0.1) is 29.9 Å². The molecule has 9 nitrogen and oxygen atoms in total. The predicted octanol–water partition coefficient (Wildman–Crippen LogP) is 1.95. The van der Waals surface area contributed by atoms with Gasteiger partial charge in [0.1, 0.15) is 5.75 Å². The summed E-state index contributed by atoms with van der Waals surface area (Å²) in [5.74, 6) is 0.560. The molecule has 1 aliphatic heterocycles. The number of sulfonamides is 1. The lowest BCUT2D eigenvalue weighted by atomic mass is 10.1. The van der Waals surface area contributed by atoms with Crippen LogP contribution in [0.5, 0.6) is 5.75 Å². The summed E-state index contributed by atoms with van der Waals surface area (Å²) in [4.78, 5) is 17.7. The minimum absolute atomic E-state index is 0.0106. The number of carbonyl (C=O) groups is 1. The van der Waals surface area contributed by atoms with Crippen LogP contribution in [0.3, 0.4) is 0 Å². The van der Waals surface area contributed by atoms with Gasteiger partial charge in [0.25, 0.3) is 5.91 Å². The second-order valence-corrected chi connectivity index (χ2v) is 9.43. The number of nitrogens with zero attached hydrogens (tertiary/aromatic N) is 3. The molecule has 4 rings (SSSR count). The number of ether oxygens (including phenoxy) is 1. The van der Waals surface area contributed by atoms with Crippen molar-refractivity contribution in [3.63, 3.8) is 0 Å². The first kappa shape index (κ1) is 19.4. The molecule has 0 aliphatic carbocycles. The molecule has 0 fully saturated rings. The van der Waals surface area contributed by atoms with Gasteiger partial charge in [-0.15, -0.1) is 11.3 Å². The van der Waals surface area contributed by atoms with Crippen molar-refractivity contribution in [2.75, 3.05) is 17.1 Å². The summed E-state index contributed by atoms with van der Waals surface area (Å²) in [6.07, 6.45) is 0.101. The molecule has 1 atom stereocenters. The normalized spacial score (nSPS) is 16.2.